The van der Waals surface area contributed by atoms with E-state index in [1.54, 1.807) is 4.90 Å². The van der Waals surface area contributed by atoms with E-state index in [-0.39, 0.29) is 29.0 Å². The first kappa shape index (κ1) is 15.2. The number of rotatable bonds is 2. The van der Waals surface area contributed by atoms with Crippen LogP contribution >= 0.6 is 0 Å². The van der Waals surface area contributed by atoms with Gasteiger partial charge in [0.2, 0.25) is 0 Å². The molecule has 0 spiro atoms. The van der Waals surface area contributed by atoms with E-state index in [1.807, 2.05) is 14.0 Å². The maximum Gasteiger partial charge on any atom is 0.288 e. The van der Waals surface area contributed by atoms with Crippen molar-refractivity contribution in [1.82, 2.24) is 14.8 Å². The molecule has 0 saturated carbocycles. The highest BCUT2D eigenvalue weighted by Crippen LogP contribution is 2.21. The van der Waals surface area contributed by atoms with Gasteiger partial charge in [-0.1, -0.05) is 0 Å². The second-order valence-electron chi connectivity index (χ2n) is 5.35. The van der Waals surface area contributed by atoms with Gasteiger partial charge in [0, 0.05) is 25.2 Å². The summed E-state index contributed by atoms with van der Waals surface area (Å²) in [4.78, 5) is 30.5. The fraction of sp³-hybridized carbons (Fsp3) is 0.538. The zero-order valence-corrected chi connectivity index (χ0v) is 12.2. The number of hydrogen-bond donors (Lipinski definition) is 1. The summed E-state index contributed by atoms with van der Waals surface area (Å²) in [5, 5.41) is 10.8. The van der Waals surface area contributed by atoms with Crippen LogP contribution < -0.4 is 5.73 Å². The number of hydrogen-bond acceptors (Lipinski definition) is 6. The van der Waals surface area contributed by atoms with Crippen molar-refractivity contribution in [3.63, 3.8) is 0 Å². The maximum atomic E-state index is 12.6. The second kappa shape index (κ2) is 6.04. The van der Waals surface area contributed by atoms with Gasteiger partial charge in [0.1, 0.15) is 12.0 Å². The lowest BCUT2D eigenvalue weighted by atomic mass is 10.1. The molecule has 1 saturated heterocycles. The Bertz CT molecular complexity index is 563. The van der Waals surface area contributed by atoms with E-state index in [9.17, 15) is 14.9 Å². The van der Waals surface area contributed by atoms with Gasteiger partial charge in [0.05, 0.1) is 10.5 Å². The molecule has 2 heterocycles. The molecule has 1 amide bonds. The summed E-state index contributed by atoms with van der Waals surface area (Å²) in [6.07, 6.45) is 1.92. The topological polar surface area (TPSA) is 106 Å². The average Bonchev–Trinajstić information content (AvgIpc) is 2.58. The zero-order chi connectivity index (χ0) is 15.6. The van der Waals surface area contributed by atoms with Crippen molar-refractivity contribution in [3.8, 4) is 0 Å². The van der Waals surface area contributed by atoms with Crippen molar-refractivity contribution in [2.75, 3.05) is 32.4 Å². The van der Waals surface area contributed by atoms with Crippen LogP contribution in [-0.2, 0) is 0 Å². The summed E-state index contributed by atoms with van der Waals surface area (Å²) in [5.74, 6) is -0.276. The lowest BCUT2D eigenvalue weighted by Gasteiger charge is -2.28. The van der Waals surface area contributed by atoms with Crippen LogP contribution in [-0.4, -0.2) is 58.3 Å². The minimum atomic E-state index is -0.581. The van der Waals surface area contributed by atoms with Crippen molar-refractivity contribution in [2.24, 2.45) is 0 Å². The first-order chi connectivity index (χ1) is 9.90. The van der Waals surface area contributed by atoms with E-state index >= 15 is 0 Å². The van der Waals surface area contributed by atoms with Crippen LogP contribution in [0.2, 0.25) is 0 Å². The van der Waals surface area contributed by atoms with Crippen LogP contribution in [0.3, 0.4) is 0 Å². The second-order valence-corrected chi connectivity index (χ2v) is 5.35. The van der Waals surface area contributed by atoms with Crippen LogP contribution in [0, 0.1) is 10.1 Å². The molecular weight excluding hydrogens is 274 g/mol. The normalized spacial score (nSPS) is 20.1. The number of nitro groups is 1. The number of nitrogens with two attached hydrogens (primary N) is 1. The molecule has 0 aliphatic carbocycles. The summed E-state index contributed by atoms with van der Waals surface area (Å²) in [7, 11) is 2.01. The predicted octanol–water partition coefficient (Wildman–Crippen LogP) is 0.738. The van der Waals surface area contributed by atoms with Gasteiger partial charge in [-0.3, -0.25) is 14.9 Å². The highest BCUT2D eigenvalue weighted by Gasteiger charge is 2.27. The number of nitrogen functional groups attached to an aromatic ring is 1. The maximum absolute atomic E-state index is 12.6. The van der Waals surface area contributed by atoms with E-state index in [2.05, 4.69) is 9.88 Å². The first-order valence-corrected chi connectivity index (χ1v) is 6.79. The summed E-state index contributed by atoms with van der Waals surface area (Å²) in [6.45, 7) is 4.23. The molecule has 1 atom stereocenters. The highest BCUT2D eigenvalue weighted by molar-refractivity contribution is 5.99. The van der Waals surface area contributed by atoms with Gasteiger partial charge < -0.3 is 15.5 Å². The van der Waals surface area contributed by atoms with E-state index in [0.717, 1.165) is 25.7 Å². The molecule has 1 aliphatic rings. The van der Waals surface area contributed by atoms with Crippen LogP contribution in [0.1, 0.15) is 23.7 Å². The standard InChI is InChI=1S/C13H19N5O3/c1-9-8-16(2)4-3-5-17(9)13(19)11-6-10(18(20)21)7-15-12(11)14/h6-7,9H,3-5,8H2,1-2H3,(H2,14,15). The molecule has 1 aromatic rings. The van der Waals surface area contributed by atoms with Crippen molar-refractivity contribution in [2.45, 2.75) is 19.4 Å². The van der Waals surface area contributed by atoms with Crippen molar-refractivity contribution in [1.29, 1.82) is 0 Å². The molecule has 1 fully saturated rings. The smallest absolute Gasteiger partial charge is 0.288 e. The molecule has 1 unspecified atom stereocenters. The Morgan fingerprint density at radius 2 is 2.24 bits per heavy atom. The molecular formula is C13H19N5O3. The summed E-state index contributed by atoms with van der Waals surface area (Å²) >= 11 is 0. The van der Waals surface area contributed by atoms with Gasteiger partial charge in [-0.25, -0.2) is 4.98 Å². The quantitative estimate of drug-likeness (QED) is 0.636. The molecule has 2 N–H and O–H groups in total. The summed E-state index contributed by atoms with van der Waals surface area (Å²) in [6, 6.07) is 1.22. The zero-order valence-electron chi connectivity index (χ0n) is 12.2. The average molecular weight is 293 g/mol. The number of carbonyl (C=O) groups excluding carboxylic acids is 1. The molecule has 21 heavy (non-hydrogen) atoms. The fourth-order valence-electron chi connectivity index (χ4n) is 2.56. The molecule has 0 radical (unpaired) electrons. The van der Waals surface area contributed by atoms with E-state index in [0.29, 0.717) is 6.54 Å². The predicted molar refractivity (Wildman–Crippen MR) is 77.9 cm³/mol. The third-order valence-electron chi connectivity index (χ3n) is 3.65. The Hall–Kier alpha value is -2.22. The van der Waals surface area contributed by atoms with E-state index in [1.165, 1.54) is 6.07 Å². The molecule has 8 nitrogen and oxygen atoms in total. The van der Waals surface area contributed by atoms with Crippen molar-refractivity contribution < 1.29 is 9.72 Å². The van der Waals surface area contributed by atoms with Gasteiger partial charge >= 0.3 is 0 Å². The van der Waals surface area contributed by atoms with Gasteiger partial charge in [0.15, 0.2) is 0 Å². The van der Waals surface area contributed by atoms with Gasteiger partial charge in [-0.15, -0.1) is 0 Å². The first-order valence-electron chi connectivity index (χ1n) is 6.79. The van der Waals surface area contributed by atoms with Gasteiger partial charge in [0.25, 0.3) is 11.6 Å². The summed E-state index contributed by atoms with van der Waals surface area (Å²) in [5.41, 5.74) is 5.59. The van der Waals surface area contributed by atoms with E-state index < -0.39 is 4.92 Å². The number of carbonyl (C=O) groups is 1. The number of pyridine rings is 1. The fourth-order valence-corrected chi connectivity index (χ4v) is 2.56. The van der Waals surface area contributed by atoms with Crippen LogP contribution in [0.5, 0.6) is 0 Å². The highest BCUT2D eigenvalue weighted by atomic mass is 16.6. The lowest BCUT2D eigenvalue weighted by molar-refractivity contribution is -0.385. The SMILES string of the molecule is CC1CN(C)CCCN1C(=O)c1cc([N+](=O)[O-])cnc1N. The van der Waals surface area contributed by atoms with E-state index in [4.69, 9.17) is 5.73 Å². The Labute approximate surface area is 122 Å². The third kappa shape index (κ3) is 3.27. The van der Waals surface area contributed by atoms with Crippen molar-refractivity contribution >= 4 is 17.4 Å². The number of anilines is 1. The Balaban J connectivity index is 2.30. The number of amides is 1. The van der Waals surface area contributed by atoms with Crippen LogP contribution in [0.4, 0.5) is 11.5 Å². The van der Waals surface area contributed by atoms with Gasteiger partial charge in [-0.2, -0.15) is 0 Å². The largest absolute Gasteiger partial charge is 0.383 e. The lowest BCUT2D eigenvalue weighted by Crippen LogP contribution is -2.42. The molecule has 1 aliphatic heterocycles. The van der Waals surface area contributed by atoms with Gasteiger partial charge in [-0.05, 0) is 26.9 Å². The molecule has 114 valence electrons. The molecule has 8 heteroatoms. The van der Waals surface area contributed by atoms with Crippen LogP contribution in [0.15, 0.2) is 12.3 Å². The third-order valence-corrected chi connectivity index (χ3v) is 3.65. The van der Waals surface area contributed by atoms with Crippen LogP contribution in [0.25, 0.3) is 0 Å². The monoisotopic (exact) mass is 293 g/mol. The Morgan fingerprint density at radius 3 is 2.90 bits per heavy atom. The molecule has 0 aromatic carbocycles. The number of aromatic nitrogens is 1. The summed E-state index contributed by atoms with van der Waals surface area (Å²) < 4.78 is 0. The van der Waals surface area contributed by atoms with Crippen molar-refractivity contribution in [3.05, 3.63) is 27.9 Å². The molecule has 0 bridgehead atoms. The minimum absolute atomic E-state index is 0.0173. The number of nitrogens with zero attached hydrogens (tertiary/aromatic N) is 4. The number of likely N-dealkylation sites (N-methyl/N-ethyl adjacent to an activating group) is 1. The molecule has 1 aromatic heterocycles. The Kier molecular flexibility index (Phi) is 4.37. The Morgan fingerprint density at radius 1 is 1.52 bits per heavy atom. The minimum Gasteiger partial charge on any atom is -0.383 e. The molecule has 2 rings (SSSR count).